The molecule has 4 heteroatoms. The molecule has 0 spiro atoms. The van der Waals surface area contributed by atoms with E-state index >= 15 is 0 Å². The molecule has 0 aliphatic rings. The van der Waals surface area contributed by atoms with Gasteiger partial charge in [0.1, 0.15) is 10.9 Å². The van der Waals surface area contributed by atoms with E-state index in [-0.39, 0.29) is 0 Å². The second-order valence-electron chi connectivity index (χ2n) is 2.73. The lowest BCUT2D eigenvalue weighted by molar-refractivity contribution is 1.14. The van der Waals surface area contributed by atoms with Crippen LogP contribution in [-0.2, 0) is 0 Å². The monoisotopic (exact) mass is 268 g/mol. The Hall–Kier alpha value is -0.930. The first kappa shape index (κ1) is 9.62. The standard InChI is InChI=1S/C10H6BrClN2/c11-10-5-9(13-6-14-10)7-1-3-8(12)4-2-7/h1-6H. The zero-order chi connectivity index (χ0) is 9.97. The third-order valence-corrected chi connectivity index (χ3v) is 2.46. The molecule has 0 saturated heterocycles. The summed E-state index contributed by atoms with van der Waals surface area (Å²) >= 11 is 9.09. The molecule has 0 N–H and O–H groups in total. The molecule has 1 aromatic heterocycles. The van der Waals surface area contributed by atoms with Crippen LogP contribution in [-0.4, -0.2) is 9.97 Å². The van der Waals surface area contributed by atoms with Crippen molar-refractivity contribution in [1.29, 1.82) is 0 Å². The van der Waals surface area contributed by atoms with Crippen LogP contribution in [0.15, 0.2) is 41.3 Å². The molecule has 1 aromatic carbocycles. The summed E-state index contributed by atoms with van der Waals surface area (Å²) in [5.74, 6) is 0. The van der Waals surface area contributed by atoms with Gasteiger partial charge >= 0.3 is 0 Å². The van der Waals surface area contributed by atoms with E-state index in [1.165, 1.54) is 6.33 Å². The Morgan fingerprint density at radius 2 is 1.79 bits per heavy atom. The lowest BCUT2D eigenvalue weighted by Gasteiger charge is -2.00. The Bertz CT molecular complexity index is 442. The third kappa shape index (κ3) is 2.11. The summed E-state index contributed by atoms with van der Waals surface area (Å²) in [6.45, 7) is 0. The van der Waals surface area contributed by atoms with Crippen molar-refractivity contribution in [3.63, 3.8) is 0 Å². The molecule has 0 fully saturated rings. The Morgan fingerprint density at radius 1 is 1.07 bits per heavy atom. The Morgan fingerprint density at radius 3 is 2.43 bits per heavy atom. The fraction of sp³-hybridized carbons (Fsp3) is 0. The van der Waals surface area contributed by atoms with Gasteiger partial charge in [-0.05, 0) is 34.1 Å². The van der Waals surface area contributed by atoms with Gasteiger partial charge < -0.3 is 0 Å². The predicted octanol–water partition coefficient (Wildman–Crippen LogP) is 3.56. The predicted molar refractivity (Wildman–Crippen MR) is 60.2 cm³/mol. The van der Waals surface area contributed by atoms with Gasteiger partial charge in [-0.15, -0.1) is 0 Å². The molecule has 2 aromatic rings. The van der Waals surface area contributed by atoms with E-state index in [4.69, 9.17) is 11.6 Å². The minimum absolute atomic E-state index is 0.724. The molecule has 0 saturated carbocycles. The first-order chi connectivity index (χ1) is 6.75. The molecule has 0 atom stereocenters. The zero-order valence-corrected chi connectivity index (χ0v) is 9.46. The molecule has 0 unspecified atom stereocenters. The molecule has 14 heavy (non-hydrogen) atoms. The Balaban J connectivity index is 2.44. The summed E-state index contributed by atoms with van der Waals surface area (Å²) in [5.41, 5.74) is 1.90. The van der Waals surface area contributed by atoms with E-state index in [9.17, 15) is 0 Å². The molecular weight excluding hydrogens is 263 g/mol. The zero-order valence-electron chi connectivity index (χ0n) is 7.11. The van der Waals surface area contributed by atoms with Crippen LogP contribution in [0.2, 0.25) is 5.02 Å². The van der Waals surface area contributed by atoms with Crippen molar-refractivity contribution in [2.45, 2.75) is 0 Å². The van der Waals surface area contributed by atoms with Crippen LogP contribution < -0.4 is 0 Å². The Kier molecular flexibility index (Phi) is 2.79. The normalized spacial score (nSPS) is 10.1. The van der Waals surface area contributed by atoms with Gasteiger partial charge in [0.15, 0.2) is 0 Å². The molecule has 70 valence electrons. The van der Waals surface area contributed by atoms with Crippen LogP contribution in [0.5, 0.6) is 0 Å². The van der Waals surface area contributed by atoms with Crippen molar-refractivity contribution < 1.29 is 0 Å². The molecule has 0 radical (unpaired) electrons. The lowest BCUT2D eigenvalue weighted by atomic mass is 10.1. The maximum Gasteiger partial charge on any atom is 0.117 e. The number of hydrogen-bond acceptors (Lipinski definition) is 2. The van der Waals surface area contributed by atoms with Crippen LogP contribution in [0.25, 0.3) is 11.3 Å². The van der Waals surface area contributed by atoms with E-state index in [1.807, 2.05) is 30.3 Å². The molecule has 0 amide bonds. The lowest BCUT2D eigenvalue weighted by Crippen LogP contribution is -1.84. The number of hydrogen-bond donors (Lipinski definition) is 0. The summed E-state index contributed by atoms with van der Waals surface area (Å²) < 4.78 is 0.775. The van der Waals surface area contributed by atoms with Crippen molar-refractivity contribution in [2.75, 3.05) is 0 Å². The maximum atomic E-state index is 5.79. The van der Waals surface area contributed by atoms with Crippen LogP contribution in [0.1, 0.15) is 0 Å². The van der Waals surface area contributed by atoms with Gasteiger partial charge in [0.2, 0.25) is 0 Å². The van der Waals surface area contributed by atoms with Gasteiger partial charge in [-0.3, -0.25) is 0 Å². The highest BCUT2D eigenvalue weighted by molar-refractivity contribution is 9.10. The summed E-state index contributed by atoms with van der Waals surface area (Å²) in [5, 5.41) is 0.724. The number of benzene rings is 1. The van der Waals surface area contributed by atoms with Crippen LogP contribution in [0.4, 0.5) is 0 Å². The quantitative estimate of drug-likeness (QED) is 0.740. The second-order valence-corrected chi connectivity index (χ2v) is 3.98. The van der Waals surface area contributed by atoms with Gasteiger partial charge in [0, 0.05) is 10.6 Å². The van der Waals surface area contributed by atoms with Crippen molar-refractivity contribution >= 4 is 27.5 Å². The summed E-state index contributed by atoms with van der Waals surface area (Å²) in [6, 6.07) is 9.40. The SMILES string of the molecule is Clc1ccc(-c2cc(Br)ncn2)cc1. The second kappa shape index (κ2) is 4.07. The van der Waals surface area contributed by atoms with Crippen molar-refractivity contribution in [3.05, 3.63) is 46.3 Å². The summed E-state index contributed by atoms with van der Waals surface area (Å²) in [7, 11) is 0. The summed E-state index contributed by atoms with van der Waals surface area (Å²) in [4.78, 5) is 8.12. The van der Waals surface area contributed by atoms with Crippen LogP contribution >= 0.6 is 27.5 Å². The molecule has 2 nitrogen and oxygen atoms in total. The largest absolute Gasteiger partial charge is 0.236 e. The van der Waals surface area contributed by atoms with Crippen molar-refractivity contribution in [1.82, 2.24) is 9.97 Å². The van der Waals surface area contributed by atoms with Gasteiger partial charge in [-0.2, -0.15) is 0 Å². The van der Waals surface area contributed by atoms with Gasteiger partial charge in [0.25, 0.3) is 0 Å². The molecule has 1 heterocycles. The fourth-order valence-corrected chi connectivity index (χ4v) is 1.55. The van der Waals surface area contributed by atoms with Gasteiger partial charge in [-0.25, -0.2) is 9.97 Å². The molecule has 0 bridgehead atoms. The minimum atomic E-state index is 0.724. The first-order valence-corrected chi connectivity index (χ1v) is 5.16. The highest BCUT2D eigenvalue weighted by Crippen LogP contribution is 2.20. The number of halogens is 2. The molecule has 2 rings (SSSR count). The smallest absolute Gasteiger partial charge is 0.117 e. The third-order valence-electron chi connectivity index (χ3n) is 1.77. The van der Waals surface area contributed by atoms with E-state index < -0.39 is 0 Å². The number of nitrogens with zero attached hydrogens (tertiary/aromatic N) is 2. The average Bonchev–Trinajstić information content (AvgIpc) is 2.19. The van der Waals surface area contributed by atoms with Crippen molar-refractivity contribution in [2.24, 2.45) is 0 Å². The van der Waals surface area contributed by atoms with E-state index in [0.29, 0.717) is 0 Å². The van der Waals surface area contributed by atoms with Crippen molar-refractivity contribution in [3.8, 4) is 11.3 Å². The fourth-order valence-electron chi connectivity index (χ4n) is 1.11. The highest BCUT2D eigenvalue weighted by atomic mass is 79.9. The Labute approximate surface area is 95.1 Å². The number of aromatic nitrogens is 2. The van der Waals surface area contributed by atoms with E-state index in [1.54, 1.807) is 0 Å². The maximum absolute atomic E-state index is 5.79. The minimum Gasteiger partial charge on any atom is -0.236 e. The summed E-state index contributed by atoms with van der Waals surface area (Å²) in [6.07, 6.45) is 1.52. The topological polar surface area (TPSA) is 25.8 Å². The van der Waals surface area contributed by atoms with Gasteiger partial charge in [0.05, 0.1) is 5.69 Å². The van der Waals surface area contributed by atoms with Crippen LogP contribution in [0.3, 0.4) is 0 Å². The van der Waals surface area contributed by atoms with E-state index in [0.717, 1.165) is 20.9 Å². The van der Waals surface area contributed by atoms with Gasteiger partial charge in [-0.1, -0.05) is 23.7 Å². The first-order valence-electron chi connectivity index (χ1n) is 3.99. The molecule has 0 aliphatic carbocycles. The number of rotatable bonds is 1. The molecular formula is C10H6BrClN2. The van der Waals surface area contributed by atoms with E-state index in [2.05, 4.69) is 25.9 Å². The van der Waals surface area contributed by atoms with Crippen LogP contribution in [0, 0.1) is 0 Å². The molecule has 0 aliphatic heterocycles. The highest BCUT2D eigenvalue weighted by Gasteiger charge is 1.99. The average molecular weight is 270 g/mol.